The van der Waals surface area contributed by atoms with Crippen molar-refractivity contribution >= 4 is 43.6 Å². The van der Waals surface area contributed by atoms with E-state index in [1.807, 2.05) is 12.1 Å². The summed E-state index contributed by atoms with van der Waals surface area (Å²) in [5.74, 6) is 0.672. The Morgan fingerprint density at radius 2 is 1.65 bits per heavy atom. The van der Waals surface area contributed by atoms with Crippen molar-refractivity contribution in [1.29, 1.82) is 0 Å². The second-order valence-electron chi connectivity index (χ2n) is 9.78. The Balaban J connectivity index is 1.54. The molecule has 1 aliphatic rings. The predicted octanol–water partition coefficient (Wildman–Crippen LogP) is 8.62. The van der Waals surface area contributed by atoms with Gasteiger partial charge in [0.25, 0.3) is 0 Å². The zero-order valence-electron chi connectivity index (χ0n) is 19.6. The van der Waals surface area contributed by atoms with Gasteiger partial charge in [-0.1, -0.05) is 55.3 Å². The summed E-state index contributed by atoms with van der Waals surface area (Å²) >= 11 is 0. The van der Waals surface area contributed by atoms with Crippen molar-refractivity contribution in [3.05, 3.63) is 83.7 Å². The average Bonchev–Trinajstić information content (AvgIpc) is 3.51. The van der Waals surface area contributed by atoms with E-state index in [2.05, 4.69) is 62.4 Å². The number of para-hydroxylation sites is 2. The van der Waals surface area contributed by atoms with Crippen LogP contribution in [0.3, 0.4) is 0 Å². The summed E-state index contributed by atoms with van der Waals surface area (Å²) in [4.78, 5) is 9.62. The lowest BCUT2D eigenvalue weighted by Crippen LogP contribution is -2.01. The molecule has 34 heavy (non-hydrogen) atoms. The first-order chi connectivity index (χ1) is 16.7. The van der Waals surface area contributed by atoms with E-state index in [1.165, 1.54) is 53.1 Å². The van der Waals surface area contributed by atoms with Gasteiger partial charge >= 0.3 is 0 Å². The number of hydrogen-bond acceptors (Lipinski definition) is 3. The van der Waals surface area contributed by atoms with Crippen molar-refractivity contribution in [3.8, 4) is 11.3 Å². The van der Waals surface area contributed by atoms with Gasteiger partial charge < -0.3 is 4.42 Å². The number of benzene rings is 4. The smallest absolute Gasteiger partial charge is 0.144 e. The van der Waals surface area contributed by atoms with Crippen LogP contribution in [0.25, 0.3) is 54.9 Å². The maximum atomic E-state index is 6.34. The summed E-state index contributed by atoms with van der Waals surface area (Å²) in [7, 11) is 0. The molecule has 7 rings (SSSR count). The fourth-order valence-electron chi connectivity index (χ4n) is 6.39. The van der Waals surface area contributed by atoms with Crippen LogP contribution in [-0.4, -0.2) is 9.97 Å². The third kappa shape index (κ3) is 2.76. The summed E-state index contributed by atoms with van der Waals surface area (Å²) in [6.45, 7) is 4.57. The fourth-order valence-corrected chi connectivity index (χ4v) is 6.39. The third-order valence-corrected chi connectivity index (χ3v) is 7.84. The van der Waals surface area contributed by atoms with Crippen LogP contribution in [0.15, 0.2) is 71.4 Å². The number of nitrogens with zero attached hydrogens (tertiary/aromatic N) is 2. The molecule has 0 bridgehead atoms. The number of fused-ring (bicyclic) bond motifs is 6. The van der Waals surface area contributed by atoms with Gasteiger partial charge in [0.1, 0.15) is 17.5 Å². The lowest BCUT2D eigenvalue weighted by molar-refractivity contribution is 0.670. The van der Waals surface area contributed by atoms with Gasteiger partial charge in [-0.15, -0.1) is 0 Å². The quantitative estimate of drug-likeness (QED) is 0.252. The summed E-state index contributed by atoms with van der Waals surface area (Å²) in [5.41, 5.74) is 9.11. The zero-order chi connectivity index (χ0) is 22.8. The molecular formula is C31H26N2O. The second kappa shape index (κ2) is 7.39. The van der Waals surface area contributed by atoms with E-state index < -0.39 is 0 Å². The Kier molecular flexibility index (Phi) is 4.29. The van der Waals surface area contributed by atoms with E-state index in [-0.39, 0.29) is 0 Å². The molecule has 1 fully saturated rings. The number of hydrogen-bond donors (Lipinski definition) is 0. The van der Waals surface area contributed by atoms with E-state index in [0.29, 0.717) is 5.92 Å². The SMILES string of the molecule is Cc1cc2ccc3c(-c4cccc5c4oc4ccccc45)ncnc3c2c(C)c1C1CCCC1. The van der Waals surface area contributed by atoms with Crippen molar-refractivity contribution in [2.45, 2.75) is 45.4 Å². The van der Waals surface area contributed by atoms with E-state index in [0.717, 1.165) is 44.1 Å². The lowest BCUT2D eigenvalue weighted by atomic mass is 9.85. The third-order valence-electron chi connectivity index (χ3n) is 7.84. The summed E-state index contributed by atoms with van der Waals surface area (Å²) in [5, 5.41) is 5.86. The van der Waals surface area contributed by atoms with Crippen LogP contribution in [0.5, 0.6) is 0 Å². The van der Waals surface area contributed by atoms with Gasteiger partial charge in [0.15, 0.2) is 0 Å². The number of aromatic nitrogens is 2. The van der Waals surface area contributed by atoms with Gasteiger partial charge in [0.2, 0.25) is 0 Å². The van der Waals surface area contributed by atoms with Crippen LogP contribution in [-0.2, 0) is 0 Å². The standard InChI is InChI=1S/C31H26N2O/c1-18-16-21-14-15-24-29(25-12-7-11-23-22-10-5-6-13-26(22)34-31(23)25)32-17-33-30(24)28(21)19(2)27(18)20-8-3-4-9-20/h5-7,10-17,20H,3-4,8-9H2,1-2H3. The van der Waals surface area contributed by atoms with Gasteiger partial charge in [-0.3, -0.25) is 0 Å². The molecule has 0 amide bonds. The van der Waals surface area contributed by atoms with Crippen molar-refractivity contribution in [2.24, 2.45) is 0 Å². The molecule has 3 nitrogen and oxygen atoms in total. The normalized spacial score (nSPS) is 14.8. The molecule has 6 aromatic rings. The second-order valence-corrected chi connectivity index (χ2v) is 9.78. The molecule has 0 saturated heterocycles. The Morgan fingerprint density at radius 3 is 2.53 bits per heavy atom. The predicted molar refractivity (Wildman–Crippen MR) is 140 cm³/mol. The number of aryl methyl sites for hydroxylation is 2. The Hall–Kier alpha value is -3.72. The molecule has 3 heteroatoms. The molecule has 2 aromatic heterocycles. The first-order valence-corrected chi connectivity index (χ1v) is 12.3. The first kappa shape index (κ1) is 19.7. The monoisotopic (exact) mass is 442 g/mol. The first-order valence-electron chi connectivity index (χ1n) is 12.3. The summed E-state index contributed by atoms with van der Waals surface area (Å²) in [6.07, 6.45) is 6.99. The minimum Gasteiger partial charge on any atom is -0.455 e. The molecule has 4 aromatic carbocycles. The average molecular weight is 443 g/mol. The van der Waals surface area contributed by atoms with Gasteiger partial charge in [0.05, 0.1) is 11.2 Å². The van der Waals surface area contributed by atoms with Crippen LogP contribution < -0.4 is 0 Å². The van der Waals surface area contributed by atoms with Crippen molar-refractivity contribution in [2.75, 3.05) is 0 Å². The van der Waals surface area contributed by atoms with Crippen molar-refractivity contribution in [1.82, 2.24) is 9.97 Å². The molecule has 1 aliphatic carbocycles. The van der Waals surface area contributed by atoms with Crippen LogP contribution in [0.4, 0.5) is 0 Å². The minimum absolute atomic E-state index is 0.672. The zero-order valence-corrected chi connectivity index (χ0v) is 19.6. The van der Waals surface area contributed by atoms with E-state index in [4.69, 9.17) is 14.4 Å². The number of furan rings is 1. The molecular weight excluding hydrogens is 416 g/mol. The van der Waals surface area contributed by atoms with Crippen molar-refractivity contribution < 1.29 is 4.42 Å². The molecule has 0 aliphatic heterocycles. The van der Waals surface area contributed by atoms with E-state index in [9.17, 15) is 0 Å². The molecule has 0 unspecified atom stereocenters. The molecule has 0 atom stereocenters. The van der Waals surface area contributed by atoms with Gasteiger partial charge in [-0.05, 0) is 72.9 Å². The summed E-state index contributed by atoms with van der Waals surface area (Å²) in [6, 6.07) is 21.3. The highest BCUT2D eigenvalue weighted by molar-refractivity contribution is 6.15. The topological polar surface area (TPSA) is 38.9 Å². The Labute approximate surface area is 198 Å². The molecule has 2 heterocycles. The number of rotatable bonds is 2. The highest BCUT2D eigenvalue weighted by atomic mass is 16.3. The molecule has 0 spiro atoms. The van der Waals surface area contributed by atoms with Crippen LogP contribution in [0.1, 0.15) is 48.3 Å². The lowest BCUT2D eigenvalue weighted by Gasteiger charge is -2.20. The van der Waals surface area contributed by atoms with Gasteiger partial charge in [0, 0.05) is 27.1 Å². The maximum Gasteiger partial charge on any atom is 0.144 e. The van der Waals surface area contributed by atoms with Crippen LogP contribution in [0.2, 0.25) is 0 Å². The van der Waals surface area contributed by atoms with Gasteiger partial charge in [-0.2, -0.15) is 0 Å². The van der Waals surface area contributed by atoms with E-state index >= 15 is 0 Å². The Morgan fingerprint density at radius 1 is 0.824 bits per heavy atom. The molecule has 0 N–H and O–H groups in total. The van der Waals surface area contributed by atoms with E-state index in [1.54, 1.807) is 6.33 Å². The molecule has 0 radical (unpaired) electrons. The molecule has 166 valence electrons. The van der Waals surface area contributed by atoms with Gasteiger partial charge in [-0.25, -0.2) is 9.97 Å². The van der Waals surface area contributed by atoms with Crippen LogP contribution in [0, 0.1) is 13.8 Å². The molecule has 1 saturated carbocycles. The maximum absolute atomic E-state index is 6.34. The largest absolute Gasteiger partial charge is 0.455 e. The fraction of sp³-hybridized carbons (Fsp3) is 0.226. The summed E-state index contributed by atoms with van der Waals surface area (Å²) < 4.78 is 6.34. The van der Waals surface area contributed by atoms with Crippen molar-refractivity contribution in [3.63, 3.8) is 0 Å². The highest BCUT2D eigenvalue weighted by Gasteiger charge is 2.23. The minimum atomic E-state index is 0.672. The Bertz CT molecular complexity index is 1740. The van der Waals surface area contributed by atoms with Crippen LogP contribution >= 0.6 is 0 Å². The highest BCUT2D eigenvalue weighted by Crippen LogP contribution is 2.43.